The van der Waals surface area contributed by atoms with Gasteiger partial charge in [0.25, 0.3) is 13.4 Å². The molecule has 1 fully saturated rings. The van der Waals surface area contributed by atoms with Crippen molar-refractivity contribution in [1.82, 2.24) is 9.55 Å². The van der Waals surface area contributed by atoms with Gasteiger partial charge in [-0.15, -0.1) is 0 Å². The fourth-order valence-corrected chi connectivity index (χ4v) is 8.53. The van der Waals surface area contributed by atoms with Crippen LogP contribution in [0.1, 0.15) is 161 Å². The first-order valence-electron chi connectivity index (χ1n) is 20.0. The summed E-state index contributed by atoms with van der Waals surface area (Å²) in [5.41, 5.74) is 8.10. The zero-order valence-electron chi connectivity index (χ0n) is 33.3. The number of phosphoric acid groups is 1. The number of nitrogens with one attached hydrogen (secondary N) is 1. The number of thioether (sulfide) groups is 1. The molecule has 0 saturated carbocycles. The summed E-state index contributed by atoms with van der Waals surface area (Å²) in [6.07, 6.45) is 23.4. The maximum atomic E-state index is 12.5. The van der Waals surface area contributed by atoms with Crippen molar-refractivity contribution in [2.45, 2.75) is 186 Å². The molecule has 1 aromatic rings. The number of unbranched alkanes of at least 4 members (excludes halogenated alkanes) is 15. The molecule has 2 rings (SSSR count). The van der Waals surface area contributed by atoms with E-state index in [1.165, 1.54) is 120 Å². The topological polar surface area (TPSA) is 181 Å². The van der Waals surface area contributed by atoms with Crippen molar-refractivity contribution in [3.63, 3.8) is 0 Å². The van der Waals surface area contributed by atoms with Gasteiger partial charge >= 0.3 is 35.2 Å². The molecule has 16 heteroatoms. The van der Waals surface area contributed by atoms with E-state index < -0.39 is 44.1 Å². The van der Waals surface area contributed by atoms with E-state index in [2.05, 4.69) is 35.8 Å². The maximum absolute atomic E-state index is 12.5. The second-order valence-electron chi connectivity index (χ2n) is 14.1. The minimum absolute atomic E-state index is 0. The van der Waals surface area contributed by atoms with Crippen LogP contribution >= 0.6 is 19.6 Å². The number of rotatable bonds is 32. The van der Waals surface area contributed by atoms with Gasteiger partial charge in [0.15, 0.2) is 0 Å². The molecule has 1 aliphatic heterocycles. The van der Waals surface area contributed by atoms with Crippen LogP contribution in [0, 0.1) is 6.92 Å². The molecule has 3 unspecified atom stereocenters. The summed E-state index contributed by atoms with van der Waals surface area (Å²) >= 11 is 2.02. The summed E-state index contributed by atoms with van der Waals surface area (Å²) in [6.45, 7) is 7.98. The van der Waals surface area contributed by atoms with Gasteiger partial charge in [-0.2, -0.15) is 11.8 Å². The van der Waals surface area contributed by atoms with Gasteiger partial charge < -0.3 is 23.4 Å². The van der Waals surface area contributed by atoms with Crippen molar-refractivity contribution in [2.75, 3.05) is 25.6 Å². The molecule has 0 aliphatic carbocycles. The second-order valence-corrected chi connectivity index (χ2v) is 16.9. The summed E-state index contributed by atoms with van der Waals surface area (Å²) in [5, 5.41) is 4.09. The molecular weight excluding hydrogens is 728 g/mol. The fourth-order valence-electron chi connectivity index (χ4n) is 6.42. The Hall–Kier alpha value is -0.630. The average molecular weight is 796 g/mol. The van der Waals surface area contributed by atoms with Crippen LogP contribution in [0.4, 0.5) is 0 Å². The summed E-state index contributed by atoms with van der Waals surface area (Å²) in [5.74, 6) is 1.14. The van der Waals surface area contributed by atoms with E-state index in [0.29, 0.717) is 23.8 Å². The first-order chi connectivity index (χ1) is 25.1. The number of H-pyrrole nitrogens is 1. The van der Waals surface area contributed by atoms with Gasteiger partial charge in [0.05, 0.1) is 31.5 Å². The van der Waals surface area contributed by atoms with E-state index in [-0.39, 0.29) is 48.7 Å². The van der Waals surface area contributed by atoms with Crippen LogP contribution < -0.4 is 45.7 Å². The Kier molecular flexibility index (Phi) is 29.0. The largest absolute Gasteiger partial charge is 1.00 e. The number of azide groups is 1. The summed E-state index contributed by atoms with van der Waals surface area (Å²) in [4.78, 5) is 41.6. The molecule has 0 spiro atoms. The van der Waals surface area contributed by atoms with Gasteiger partial charge in [0, 0.05) is 34.9 Å². The van der Waals surface area contributed by atoms with Crippen molar-refractivity contribution in [3.8, 4) is 0 Å². The van der Waals surface area contributed by atoms with Crippen LogP contribution in [0.15, 0.2) is 20.9 Å². The normalized spacial score (nSPS) is 19.3. The van der Waals surface area contributed by atoms with E-state index in [4.69, 9.17) is 24.1 Å². The quantitative estimate of drug-likeness (QED) is 0.0219. The van der Waals surface area contributed by atoms with Gasteiger partial charge in [0.1, 0.15) is 6.23 Å². The zero-order valence-corrected chi connectivity index (χ0v) is 37.1. The third kappa shape index (κ3) is 22.0. The van der Waals surface area contributed by atoms with Crippen LogP contribution in [0.5, 0.6) is 0 Å². The Bertz CT molecular complexity index is 1320. The monoisotopic (exact) mass is 795 g/mol. The summed E-state index contributed by atoms with van der Waals surface area (Å²) < 4.78 is 35.9. The van der Waals surface area contributed by atoms with Gasteiger partial charge in [-0.05, 0) is 44.4 Å². The molecule has 0 bridgehead atoms. The molecule has 1 N–H and O–H groups in total. The van der Waals surface area contributed by atoms with Crippen LogP contribution in [-0.2, 0) is 23.1 Å². The third-order valence-corrected chi connectivity index (χ3v) is 12.2. The number of aromatic amines is 1. The van der Waals surface area contributed by atoms with Crippen LogP contribution in [0.25, 0.3) is 10.4 Å². The van der Waals surface area contributed by atoms with Crippen molar-refractivity contribution in [3.05, 3.63) is 43.0 Å². The number of hydrogen-bond donors (Lipinski definition) is 1. The maximum Gasteiger partial charge on any atom is 1.00 e. The Labute approximate surface area is 344 Å². The van der Waals surface area contributed by atoms with Crippen molar-refractivity contribution in [2.24, 2.45) is 5.11 Å². The molecule has 6 atom stereocenters. The number of hydrogen-bond acceptors (Lipinski definition) is 10. The molecule has 0 amide bonds. The first-order valence-corrected chi connectivity index (χ1v) is 22.5. The van der Waals surface area contributed by atoms with Gasteiger partial charge in [-0.1, -0.05) is 122 Å². The Morgan fingerprint density at radius 2 is 1.55 bits per heavy atom. The second kappa shape index (κ2) is 30.5. The van der Waals surface area contributed by atoms with Gasteiger partial charge in [0.2, 0.25) is 0 Å². The molecule has 53 heavy (non-hydrogen) atoms. The number of aromatic nitrogens is 2. The van der Waals surface area contributed by atoms with Crippen molar-refractivity contribution >= 4 is 19.6 Å². The third-order valence-electron chi connectivity index (χ3n) is 9.62. The molecule has 1 aromatic heterocycles. The molecule has 0 aromatic carbocycles. The predicted octanol–water partition coefficient (Wildman–Crippen LogP) is 6.28. The number of aryl methyl sites for hydroxylation is 1. The predicted molar refractivity (Wildman–Crippen MR) is 208 cm³/mol. The number of ether oxygens (including phenoxy) is 2. The molecule has 1 aliphatic rings. The molecule has 13 nitrogen and oxygen atoms in total. The smallest absolute Gasteiger partial charge is 0.756 e. The molecule has 2 heterocycles. The standard InChI is InChI=1S/C37H68N5O8PS.Na/c1-5-7-9-11-13-14-15-17-19-21-26-52-34(23-20-18-16-12-10-8-6-2)31(4)47-24-22-25-48-51(45,46)49-29-33-32(40-41-38)27-35(50-33)42-28-30(3)36(43)39-37(42)44;/h28,31-35H,5-27,29H2,1-4H3,(H,45,46)(H,39,43,44);/q;+1/p-1/t31?,32-,33+,34?,35+;/m0./s1. The first kappa shape index (κ1) is 50.4. The van der Waals surface area contributed by atoms with Crippen molar-refractivity contribution < 1.29 is 57.5 Å². The number of phosphoric ester groups is 1. The summed E-state index contributed by atoms with van der Waals surface area (Å²) in [6, 6.07) is -0.791. The average Bonchev–Trinajstić information content (AvgIpc) is 3.52. The van der Waals surface area contributed by atoms with Crippen LogP contribution in [0.3, 0.4) is 0 Å². The fraction of sp³-hybridized carbons (Fsp3) is 0.892. The van der Waals surface area contributed by atoms with Crippen LogP contribution in [-0.4, -0.2) is 58.6 Å². The summed E-state index contributed by atoms with van der Waals surface area (Å²) in [7, 11) is -4.69. The van der Waals surface area contributed by atoms with Gasteiger partial charge in [-0.3, -0.25) is 18.9 Å². The Morgan fingerprint density at radius 3 is 2.15 bits per heavy atom. The van der Waals surface area contributed by atoms with E-state index in [9.17, 15) is 19.0 Å². The molecule has 0 radical (unpaired) electrons. The Morgan fingerprint density at radius 1 is 0.962 bits per heavy atom. The van der Waals surface area contributed by atoms with Gasteiger partial charge in [-0.25, -0.2) is 4.79 Å². The number of nitrogens with zero attached hydrogens (tertiary/aromatic N) is 4. The zero-order chi connectivity index (χ0) is 38.0. The Balaban J connectivity index is 0.0000140. The van der Waals surface area contributed by atoms with E-state index in [1.807, 2.05) is 11.8 Å². The van der Waals surface area contributed by atoms with E-state index in [1.54, 1.807) is 6.92 Å². The van der Waals surface area contributed by atoms with E-state index >= 15 is 0 Å². The SMILES string of the molecule is CCCCCCCCCCCCSC(CCCCCCCCC)C(C)OCCCOP(=O)([O-])OC[C@H]1O[C@@H](n2cc(C)c(=O)[nH]c2=O)C[C@@H]1N=[N+]=[N-].[Na+]. The van der Waals surface area contributed by atoms with Crippen LogP contribution in [0.2, 0.25) is 0 Å². The molecule has 1 saturated heterocycles. The minimum atomic E-state index is -4.69. The molecule has 300 valence electrons. The van der Waals surface area contributed by atoms with E-state index in [0.717, 1.165) is 12.2 Å². The minimum Gasteiger partial charge on any atom is -0.756 e. The van der Waals surface area contributed by atoms with Crippen molar-refractivity contribution in [1.29, 1.82) is 0 Å². The molecular formula is C37H67N5NaO8PS.